The fourth-order valence-corrected chi connectivity index (χ4v) is 1.17. The molecule has 0 spiro atoms. The smallest absolute Gasteiger partial charge is 0.332 e. The standard InChI is InChI=1S/C13H17NO3/c1-3-8-17-12-6-4-11(5-7-12)14-9-10(2)13(15)16/h4-7,14H,2-3,8-9H2,1H3,(H,15,16). The molecule has 0 saturated carbocycles. The topological polar surface area (TPSA) is 58.6 Å². The van der Waals surface area contributed by atoms with Gasteiger partial charge in [0.25, 0.3) is 0 Å². The summed E-state index contributed by atoms with van der Waals surface area (Å²) in [6.07, 6.45) is 0.971. The Morgan fingerprint density at radius 2 is 2.06 bits per heavy atom. The van der Waals surface area contributed by atoms with Gasteiger partial charge in [0.15, 0.2) is 0 Å². The van der Waals surface area contributed by atoms with Crippen LogP contribution >= 0.6 is 0 Å². The average molecular weight is 235 g/mol. The Morgan fingerprint density at radius 3 is 2.59 bits per heavy atom. The molecule has 4 nitrogen and oxygen atoms in total. The van der Waals surface area contributed by atoms with Crippen LogP contribution in [0.1, 0.15) is 13.3 Å². The van der Waals surface area contributed by atoms with Gasteiger partial charge >= 0.3 is 5.97 Å². The molecule has 0 atom stereocenters. The van der Waals surface area contributed by atoms with Crippen LogP contribution in [0.2, 0.25) is 0 Å². The van der Waals surface area contributed by atoms with E-state index in [1.54, 1.807) is 0 Å². The molecule has 0 aliphatic heterocycles. The van der Waals surface area contributed by atoms with Crippen molar-refractivity contribution in [1.82, 2.24) is 0 Å². The van der Waals surface area contributed by atoms with Gasteiger partial charge in [-0.3, -0.25) is 0 Å². The van der Waals surface area contributed by atoms with Gasteiger partial charge in [0.1, 0.15) is 5.75 Å². The largest absolute Gasteiger partial charge is 0.494 e. The highest BCUT2D eigenvalue weighted by Gasteiger charge is 2.02. The summed E-state index contributed by atoms with van der Waals surface area (Å²) in [7, 11) is 0. The maximum Gasteiger partial charge on any atom is 0.332 e. The maximum atomic E-state index is 10.5. The Bertz CT molecular complexity index is 384. The van der Waals surface area contributed by atoms with E-state index < -0.39 is 5.97 Å². The van der Waals surface area contributed by atoms with E-state index >= 15 is 0 Å². The molecule has 4 heteroatoms. The van der Waals surface area contributed by atoms with Crippen molar-refractivity contribution in [3.05, 3.63) is 36.4 Å². The lowest BCUT2D eigenvalue weighted by molar-refractivity contribution is -0.132. The summed E-state index contributed by atoms with van der Waals surface area (Å²) in [5.74, 6) is -0.171. The number of hydrogen-bond acceptors (Lipinski definition) is 3. The van der Waals surface area contributed by atoms with Gasteiger partial charge in [-0.1, -0.05) is 13.5 Å². The van der Waals surface area contributed by atoms with Gasteiger partial charge in [-0.05, 0) is 30.7 Å². The van der Waals surface area contributed by atoms with E-state index in [-0.39, 0.29) is 12.1 Å². The first-order valence-electron chi connectivity index (χ1n) is 5.51. The molecule has 0 unspecified atom stereocenters. The van der Waals surface area contributed by atoms with Crippen molar-refractivity contribution in [2.24, 2.45) is 0 Å². The van der Waals surface area contributed by atoms with E-state index in [9.17, 15) is 4.79 Å². The van der Waals surface area contributed by atoms with Crippen LogP contribution in [-0.4, -0.2) is 24.2 Å². The number of nitrogens with one attached hydrogen (secondary N) is 1. The SMILES string of the molecule is C=C(CNc1ccc(OCCC)cc1)C(=O)O. The molecule has 92 valence electrons. The number of aliphatic carboxylic acids is 1. The number of hydrogen-bond donors (Lipinski definition) is 2. The average Bonchev–Trinajstić information content (AvgIpc) is 2.34. The highest BCUT2D eigenvalue weighted by Crippen LogP contribution is 2.15. The predicted octanol–water partition coefficient (Wildman–Crippen LogP) is 2.53. The summed E-state index contributed by atoms with van der Waals surface area (Å²) in [6.45, 7) is 6.41. The highest BCUT2D eigenvalue weighted by atomic mass is 16.5. The fourth-order valence-electron chi connectivity index (χ4n) is 1.17. The molecule has 1 aromatic rings. The molecule has 0 radical (unpaired) electrons. The van der Waals surface area contributed by atoms with Crippen molar-refractivity contribution >= 4 is 11.7 Å². The zero-order valence-electron chi connectivity index (χ0n) is 9.90. The van der Waals surface area contributed by atoms with Gasteiger partial charge in [-0.2, -0.15) is 0 Å². The normalized spacial score (nSPS) is 9.71. The number of carboxylic acids is 1. The molecule has 17 heavy (non-hydrogen) atoms. The monoisotopic (exact) mass is 235 g/mol. The molecular formula is C13H17NO3. The summed E-state index contributed by atoms with van der Waals surface area (Å²) in [4.78, 5) is 10.5. The van der Waals surface area contributed by atoms with Crippen molar-refractivity contribution in [2.45, 2.75) is 13.3 Å². The van der Waals surface area contributed by atoms with Crippen molar-refractivity contribution in [3.8, 4) is 5.75 Å². The highest BCUT2D eigenvalue weighted by molar-refractivity contribution is 5.86. The summed E-state index contributed by atoms with van der Waals surface area (Å²) in [5, 5.41) is 11.6. The van der Waals surface area contributed by atoms with Crippen molar-refractivity contribution in [2.75, 3.05) is 18.5 Å². The van der Waals surface area contributed by atoms with E-state index in [2.05, 4.69) is 11.9 Å². The minimum absolute atomic E-state index is 0.135. The maximum absolute atomic E-state index is 10.5. The first kappa shape index (κ1) is 13.1. The van der Waals surface area contributed by atoms with Crippen LogP contribution in [0.25, 0.3) is 0 Å². The first-order chi connectivity index (χ1) is 8.13. The molecule has 0 heterocycles. The summed E-state index contributed by atoms with van der Waals surface area (Å²) >= 11 is 0. The lowest BCUT2D eigenvalue weighted by Gasteiger charge is -2.08. The van der Waals surface area contributed by atoms with Crippen molar-refractivity contribution < 1.29 is 14.6 Å². The fraction of sp³-hybridized carbons (Fsp3) is 0.308. The zero-order valence-corrected chi connectivity index (χ0v) is 9.90. The van der Waals surface area contributed by atoms with E-state index in [0.29, 0.717) is 6.61 Å². The van der Waals surface area contributed by atoms with Gasteiger partial charge in [0, 0.05) is 17.8 Å². The lowest BCUT2D eigenvalue weighted by atomic mass is 10.2. The van der Waals surface area contributed by atoms with E-state index in [1.165, 1.54) is 0 Å². The zero-order chi connectivity index (χ0) is 12.7. The molecule has 0 amide bonds. The van der Waals surface area contributed by atoms with E-state index in [1.807, 2.05) is 31.2 Å². The molecule has 0 aliphatic rings. The minimum Gasteiger partial charge on any atom is -0.494 e. The van der Waals surface area contributed by atoms with Crippen molar-refractivity contribution in [1.29, 1.82) is 0 Å². The van der Waals surface area contributed by atoms with E-state index in [0.717, 1.165) is 17.9 Å². The Labute approximate surface area is 101 Å². The predicted molar refractivity (Wildman–Crippen MR) is 67.5 cm³/mol. The van der Waals surface area contributed by atoms with Crippen LogP contribution in [0.4, 0.5) is 5.69 Å². The molecule has 0 aliphatic carbocycles. The van der Waals surface area contributed by atoms with Gasteiger partial charge < -0.3 is 15.2 Å². The Hall–Kier alpha value is -1.97. The molecule has 1 aromatic carbocycles. The number of carboxylic acid groups (broad SMARTS) is 1. The number of ether oxygens (including phenoxy) is 1. The molecule has 0 bridgehead atoms. The van der Waals surface area contributed by atoms with Crippen LogP contribution < -0.4 is 10.1 Å². The van der Waals surface area contributed by atoms with Crippen LogP contribution in [-0.2, 0) is 4.79 Å². The molecule has 1 rings (SSSR count). The lowest BCUT2D eigenvalue weighted by Crippen LogP contribution is -2.11. The molecule has 0 saturated heterocycles. The van der Waals surface area contributed by atoms with Crippen LogP contribution in [0.5, 0.6) is 5.75 Å². The van der Waals surface area contributed by atoms with Crippen LogP contribution in [0.3, 0.4) is 0 Å². The second kappa shape index (κ2) is 6.58. The number of rotatable bonds is 7. The van der Waals surface area contributed by atoms with Gasteiger partial charge in [0.05, 0.1) is 6.61 Å². The quantitative estimate of drug-likeness (QED) is 0.713. The molecule has 0 fully saturated rings. The first-order valence-corrected chi connectivity index (χ1v) is 5.51. The Balaban J connectivity index is 2.45. The third-order valence-corrected chi connectivity index (χ3v) is 2.14. The third-order valence-electron chi connectivity index (χ3n) is 2.14. The third kappa shape index (κ3) is 4.59. The second-order valence-corrected chi connectivity index (χ2v) is 3.64. The van der Waals surface area contributed by atoms with Gasteiger partial charge in [-0.25, -0.2) is 4.79 Å². The second-order valence-electron chi connectivity index (χ2n) is 3.64. The van der Waals surface area contributed by atoms with E-state index in [4.69, 9.17) is 9.84 Å². The Morgan fingerprint density at radius 1 is 1.41 bits per heavy atom. The molecular weight excluding hydrogens is 218 g/mol. The summed E-state index contributed by atoms with van der Waals surface area (Å²) in [5.41, 5.74) is 0.979. The Kier molecular flexibility index (Phi) is 5.07. The van der Waals surface area contributed by atoms with Crippen LogP contribution in [0.15, 0.2) is 36.4 Å². The molecule has 0 aromatic heterocycles. The van der Waals surface area contributed by atoms with Gasteiger partial charge in [-0.15, -0.1) is 0 Å². The summed E-state index contributed by atoms with van der Waals surface area (Å²) < 4.78 is 5.43. The molecule has 2 N–H and O–H groups in total. The van der Waals surface area contributed by atoms with Crippen LogP contribution in [0, 0.1) is 0 Å². The minimum atomic E-state index is -0.986. The number of benzene rings is 1. The number of anilines is 1. The van der Waals surface area contributed by atoms with Gasteiger partial charge in [0.2, 0.25) is 0 Å². The number of carbonyl (C=O) groups is 1. The van der Waals surface area contributed by atoms with Crippen molar-refractivity contribution in [3.63, 3.8) is 0 Å². The summed E-state index contributed by atoms with van der Waals surface area (Å²) in [6, 6.07) is 7.39.